The molecule has 5 rings (SSSR count). The molecule has 0 amide bonds. The molecule has 0 spiro atoms. The van der Waals surface area contributed by atoms with E-state index in [1.165, 1.54) is 0 Å². The second-order valence-corrected chi connectivity index (χ2v) is 10.6. The third-order valence-electron chi connectivity index (χ3n) is 6.33. The molecule has 1 N–H and O–H groups in total. The van der Waals surface area contributed by atoms with Crippen molar-refractivity contribution in [1.82, 2.24) is 30.1 Å². The van der Waals surface area contributed by atoms with Gasteiger partial charge >= 0.3 is 0 Å². The normalized spacial score (nSPS) is 12.9. The van der Waals surface area contributed by atoms with Gasteiger partial charge in [0.05, 0.1) is 18.3 Å². The van der Waals surface area contributed by atoms with Crippen molar-refractivity contribution < 1.29 is 4.42 Å². The van der Waals surface area contributed by atoms with Crippen molar-refractivity contribution in [2.24, 2.45) is 0 Å². The summed E-state index contributed by atoms with van der Waals surface area (Å²) in [7, 11) is 0. The summed E-state index contributed by atoms with van der Waals surface area (Å²) in [6.45, 7) is 8.97. The SMILES string of the molecule is Cc1ccc2[nH]c(=O)c([C@@H](c3nnnn3C(C)(C)C)N(Cc3ccco3)Cc3ccccc3Cl)cc2c1. The van der Waals surface area contributed by atoms with Gasteiger partial charge in [-0.15, -0.1) is 5.10 Å². The van der Waals surface area contributed by atoms with Crippen LogP contribution in [0.25, 0.3) is 10.9 Å². The third-order valence-corrected chi connectivity index (χ3v) is 6.70. The molecule has 5 aromatic rings. The largest absolute Gasteiger partial charge is 0.468 e. The first-order valence-electron chi connectivity index (χ1n) is 12.1. The molecule has 3 aromatic heterocycles. The highest BCUT2D eigenvalue weighted by Crippen LogP contribution is 2.33. The Hall–Kier alpha value is -3.75. The zero-order valence-electron chi connectivity index (χ0n) is 21.3. The van der Waals surface area contributed by atoms with Crippen molar-refractivity contribution in [3.05, 3.63) is 111 Å². The summed E-state index contributed by atoms with van der Waals surface area (Å²) in [5.41, 5.74) is 2.72. The van der Waals surface area contributed by atoms with Gasteiger partial charge in [-0.25, -0.2) is 4.68 Å². The number of pyridine rings is 1. The standard InChI is InChI=1S/C28H29ClN6O2/c1-18-11-12-24-20(14-18)15-22(27(36)30-24)25(26-31-32-33-35(26)28(2,3)4)34(17-21-9-7-13-37-21)16-19-8-5-6-10-23(19)29/h5-15,25H,16-17H2,1-4H3,(H,30,36)/t25-/m0/s1. The zero-order valence-corrected chi connectivity index (χ0v) is 22.0. The van der Waals surface area contributed by atoms with Gasteiger partial charge in [0.2, 0.25) is 0 Å². The Morgan fingerprint density at radius 1 is 1.08 bits per heavy atom. The van der Waals surface area contributed by atoms with Crippen molar-refractivity contribution in [2.45, 2.75) is 52.4 Å². The second kappa shape index (κ2) is 9.95. The summed E-state index contributed by atoms with van der Waals surface area (Å²) in [6, 6.07) is 18.8. The number of furan rings is 1. The molecule has 0 saturated carbocycles. The Kier molecular flexibility index (Phi) is 6.70. The molecule has 0 bridgehead atoms. The van der Waals surface area contributed by atoms with Crippen molar-refractivity contribution >= 4 is 22.5 Å². The van der Waals surface area contributed by atoms with Crippen molar-refractivity contribution in [3.63, 3.8) is 0 Å². The molecule has 2 aromatic carbocycles. The molecule has 190 valence electrons. The Morgan fingerprint density at radius 3 is 2.62 bits per heavy atom. The summed E-state index contributed by atoms with van der Waals surface area (Å²) in [4.78, 5) is 18.8. The Morgan fingerprint density at radius 2 is 1.89 bits per heavy atom. The van der Waals surface area contributed by atoms with E-state index in [9.17, 15) is 4.79 Å². The van der Waals surface area contributed by atoms with Crippen LogP contribution in [0, 0.1) is 6.92 Å². The van der Waals surface area contributed by atoms with Crippen LogP contribution in [-0.2, 0) is 18.6 Å². The number of hydrogen-bond acceptors (Lipinski definition) is 6. The van der Waals surface area contributed by atoms with Crippen LogP contribution in [0.4, 0.5) is 0 Å². The second-order valence-electron chi connectivity index (χ2n) is 10.2. The highest BCUT2D eigenvalue weighted by atomic mass is 35.5. The number of halogens is 1. The maximum atomic E-state index is 13.6. The molecule has 0 aliphatic heterocycles. The smallest absolute Gasteiger partial charge is 0.253 e. The average Bonchev–Trinajstić information content (AvgIpc) is 3.54. The first-order valence-corrected chi connectivity index (χ1v) is 12.5. The van der Waals surface area contributed by atoms with Gasteiger partial charge < -0.3 is 9.40 Å². The van der Waals surface area contributed by atoms with Crippen LogP contribution in [0.3, 0.4) is 0 Å². The fourth-order valence-corrected chi connectivity index (χ4v) is 4.77. The Labute approximate surface area is 219 Å². The average molecular weight is 517 g/mol. The van der Waals surface area contributed by atoms with E-state index >= 15 is 0 Å². The number of aryl methyl sites for hydroxylation is 1. The summed E-state index contributed by atoms with van der Waals surface area (Å²) in [6.07, 6.45) is 1.64. The maximum Gasteiger partial charge on any atom is 0.253 e. The molecule has 0 radical (unpaired) electrons. The number of tetrazole rings is 1. The van der Waals surface area contributed by atoms with Crippen LogP contribution in [-0.4, -0.2) is 30.1 Å². The van der Waals surface area contributed by atoms with Gasteiger partial charge in [0.25, 0.3) is 5.56 Å². The number of aromatic nitrogens is 5. The van der Waals surface area contributed by atoms with Crippen LogP contribution < -0.4 is 5.56 Å². The first kappa shape index (κ1) is 24.9. The molecule has 0 unspecified atom stereocenters. The number of rotatable bonds is 7. The van der Waals surface area contributed by atoms with E-state index in [0.717, 1.165) is 27.8 Å². The van der Waals surface area contributed by atoms with Gasteiger partial charge in [-0.2, -0.15) is 0 Å². The third kappa shape index (κ3) is 5.21. The number of aromatic amines is 1. The van der Waals surface area contributed by atoms with Gasteiger partial charge in [0, 0.05) is 22.6 Å². The predicted octanol–water partition coefficient (Wildman–Crippen LogP) is 5.62. The van der Waals surface area contributed by atoms with Crippen LogP contribution in [0.1, 0.15) is 55.1 Å². The quantitative estimate of drug-likeness (QED) is 0.302. The minimum atomic E-state index is -0.593. The minimum Gasteiger partial charge on any atom is -0.468 e. The van der Waals surface area contributed by atoms with Gasteiger partial charge in [-0.05, 0) is 85.5 Å². The lowest BCUT2D eigenvalue weighted by Gasteiger charge is -2.32. The lowest BCUT2D eigenvalue weighted by molar-refractivity contribution is 0.171. The lowest BCUT2D eigenvalue weighted by Crippen LogP contribution is -2.37. The van der Waals surface area contributed by atoms with Crippen molar-refractivity contribution in [3.8, 4) is 0 Å². The molecule has 9 heteroatoms. The number of hydrogen-bond donors (Lipinski definition) is 1. The zero-order chi connectivity index (χ0) is 26.2. The number of nitrogens with one attached hydrogen (secondary N) is 1. The summed E-state index contributed by atoms with van der Waals surface area (Å²) < 4.78 is 7.51. The topological polar surface area (TPSA) is 92.8 Å². The van der Waals surface area contributed by atoms with Crippen LogP contribution in [0.5, 0.6) is 0 Å². The number of H-pyrrole nitrogens is 1. The van der Waals surface area contributed by atoms with E-state index in [0.29, 0.717) is 29.5 Å². The van der Waals surface area contributed by atoms with E-state index in [1.807, 2.05) is 82.3 Å². The van der Waals surface area contributed by atoms with E-state index in [4.69, 9.17) is 16.0 Å². The first-order chi connectivity index (χ1) is 17.7. The number of benzene rings is 2. The molecule has 0 aliphatic carbocycles. The number of fused-ring (bicyclic) bond motifs is 1. The fraction of sp³-hybridized carbons (Fsp3) is 0.286. The van der Waals surface area contributed by atoms with E-state index in [2.05, 4.69) is 31.5 Å². The highest BCUT2D eigenvalue weighted by Gasteiger charge is 2.34. The molecule has 37 heavy (non-hydrogen) atoms. The molecule has 3 heterocycles. The van der Waals surface area contributed by atoms with E-state index in [-0.39, 0.29) is 5.56 Å². The van der Waals surface area contributed by atoms with E-state index in [1.54, 1.807) is 10.9 Å². The minimum absolute atomic E-state index is 0.201. The Bertz CT molecular complexity index is 1580. The molecular formula is C28H29ClN6O2. The van der Waals surface area contributed by atoms with Crippen LogP contribution in [0.2, 0.25) is 5.02 Å². The van der Waals surface area contributed by atoms with Crippen molar-refractivity contribution in [1.29, 1.82) is 0 Å². The fourth-order valence-electron chi connectivity index (χ4n) is 4.57. The monoisotopic (exact) mass is 516 g/mol. The molecular weight excluding hydrogens is 488 g/mol. The molecule has 0 fully saturated rings. The predicted molar refractivity (Wildman–Crippen MR) is 143 cm³/mol. The Balaban J connectivity index is 1.74. The number of nitrogens with zero attached hydrogens (tertiary/aromatic N) is 5. The maximum absolute atomic E-state index is 13.6. The molecule has 8 nitrogen and oxygen atoms in total. The summed E-state index contributed by atoms with van der Waals surface area (Å²) >= 11 is 6.59. The molecule has 0 saturated heterocycles. The molecule has 0 aliphatic rings. The molecule has 1 atom stereocenters. The van der Waals surface area contributed by atoms with Gasteiger partial charge in [0.15, 0.2) is 5.82 Å². The van der Waals surface area contributed by atoms with Crippen molar-refractivity contribution in [2.75, 3.05) is 0 Å². The summed E-state index contributed by atoms with van der Waals surface area (Å²) in [5, 5.41) is 14.4. The van der Waals surface area contributed by atoms with Gasteiger partial charge in [-0.1, -0.05) is 41.4 Å². The lowest BCUT2D eigenvalue weighted by atomic mass is 10.00. The highest BCUT2D eigenvalue weighted by molar-refractivity contribution is 6.31. The van der Waals surface area contributed by atoms with E-state index < -0.39 is 11.6 Å². The van der Waals surface area contributed by atoms with Gasteiger partial charge in [0.1, 0.15) is 11.8 Å². The van der Waals surface area contributed by atoms with Gasteiger partial charge in [-0.3, -0.25) is 9.69 Å². The van der Waals surface area contributed by atoms with Crippen LogP contribution >= 0.6 is 11.6 Å². The summed E-state index contributed by atoms with van der Waals surface area (Å²) in [5.74, 6) is 1.31. The van der Waals surface area contributed by atoms with Crippen LogP contribution in [0.15, 0.2) is 76.1 Å².